The van der Waals surface area contributed by atoms with Crippen LogP contribution >= 0.6 is 15.9 Å². The molecular weight excluding hydrogens is 240 g/mol. The second kappa shape index (κ2) is 3.39. The van der Waals surface area contributed by atoms with Crippen LogP contribution < -0.4 is 0 Å². The first-order chi connectivity index (χ1) is 6.61. The van der Waals surface area contributed by atoms with Crippen LogP contribution in [0.4, 0.5) is 0 Å². The predicted octanol–water partition coefficient (Wildman–Crippen LogP) is 3.46. The van der Waals surface area contributed by atoms with E-state index in [9.17, 15) is 0 Å². The summed E-state index contributed by atoms with van der Waals surface area (Å²) in [7, 11) is 2.07. The Morgan fingerprint density at radius 3 is 2.64 bits per heavy atom. The van der Waals surface area contributed by atoms with E-state index in [2.05, 4.69) is 52.4 Å². The highest BCUT2D eigenvalue weighted by molar-refractivity contribution is 9.10. The molecule has 0 aliphatic rings. The van der Waals surface area contributed by atoms with E-state index in [0.717, 1.165) is 15.8 Å². The summed E-state index contributed by atoms with van der Waals surface area (Å²) >= 11 is 3.52. The Morgan fingerprint density at radius 1 is 1.36 bits per heavy atom. The first kappa shape index (κ1) is 9.71. The zero-order chi connectivity index (χ0) is 10.3. The molecule has 3 heteroatoms. The Labute approximate surface area is 92.1 Å². The smallest absolute Gasteiger partial charge is 0.112 e. The standard InChI is InChI=1S/C11H13BrN2/c1-7(2)11-13-10-8(12)5-4-6-9(10)14(11)3/h4-7H,1-3H3. The monoisotopic (exact) mass is 252 g/mol. The van der Waals surface area contributed by atoms with Crippen molar-refractivity contribution in [3.05, 3.63) is 28.5 Å². The molecule has 0 saturated heterocycles. The molecule has 0 radical (unpaired) electrons. The fourth-order valence-electron chi connectivity index (χ4n) is 1.71. The zero-order valence-electron chi connectivity index (χ0n) is 8.58. The maximum absolute atomic E-state index is 4.63. The van der Waals surface area contributed by atoms with Crippen LogP contribution in [0.25, 0.3) is 11.0 Å². The molecule has 1 aromatic heterocycles. The first-order valence-electron chi connectivity index (χ1n) is 4.72. The average Bonchev–Trinajstić information content (AvgIpc) is 2.46. The van der Waals surface area contributed by atoms with Crippen LogP contribution in [0.5, 0.6) is 0 Å². The summed E-state index contributed by atoms with van der Waals surface area (Å²) < 4.78 is 3.22. The molecule has 1 heterocycles. The van der Waals surface area contributed by atoms with E-state index in [0.29, 0.717) is 5.92 Å². The van der Waals surface area contributed by atoms with Crippen LogP contribution in [0.1, 0.15) is 25.6 Å². The summed E-state index contributed by atoms with van der Waals surface area (Å²) in [5, 5.41) is 0. The van der Waals surface area contributed by atoms with E-state index in [-0.39, 0.29) is 0 Å². The summed E-state index contributed by atoms with van der Waals surface area (Å²) in [6.07, 6.45) is 0. The Kier molecular flexibility index (Phi) is 2.35. The van der Waals surface area contributed by atoms with Crippen molar-refractivity contribution in [2.24, 2.45) is 7.05 Å². The molecule has 0 unspecified atom stereocenters. The van der Waals surface area contributed by atoms with Gasteiger partial charge in [0.15, 0.2) is 0 Å². The predicted molar refractivity (Wildman–Crippen MR) is 62.5 cm³/mol. The van der Waals surface area contributed by atoms with E-state index >= 15 is 0 Å². The average molecular weight is 253 g/mol. The summed E-state index contributed by atoms with van der Waals surface area (Å²) in [4.78, 5) is 4.63. The number of fused-ring (bicyclic) bond motifs is 1. The largest absolute Gasteiger partial charge is 0.331 e. The molecule has 1 aromatic carbocycles. The van der Waals surface area contributed by atoms with Gasteiger partial charge in [-0.3, -0.25) is 0 Å². The van der Waals surface area contributed by atoms with E-state index in [1.165, 1.54) is 5.52 Å². The highest BCUT2D eigenvalue weighted by atomic mass is 79.9. The van der Waals surface area contributed by atoms with Gasteiger partial charge >= 0.3 is 0 Å². The number of nitrogens with zero attached hydrogens (tertiary/aromatic N) is 2. The molecule has 0 saturated carbocycles. The van der Waals surface area contributed by atoms with E-state index < -0.39 is 0 Å². The zero-order valence-corrected chi connectivity index (χ0v) is 10.2. The van der Waals surface area contributed by atoms with Gasteiger partial charge in [-0.15, -0.1) is 0 Å². The van der Waals surface area contributed by atoms with Gasteiger partial charge in [-0.2, -0.15) is 0 Å². The van der Waals surface area contributed by atoms with Crippen molar-refractivity contribution in [3.8, 4) is 0 Å². The summed E-state index contributed by atoms with van der Waals surface area (Å²) in [5.41, 5.74) is 2.24. The molecule has 0 bridgehead atoms. The lowest BCUT2D eigenvalue weighted by atomic mass is 10.2. The summed E-state index contributed by atoms with van der Waals surface area (Å²) in [6, 6.07) is 6.16. The number of aryl methyl sites for hydroxylation is 1. The molecule has 0 spiro atoms. The molecule has 2 nitrogen and oxygen atoms in total. The Balaban J connectivity index is 2.80. The van der Waals surface area contributed by atoms with Crippen LogP contribution in [0, 0.1) is 0 Å². The van der Waals surface area contributed by atoms with Gasteiger partial charge in [-0.1, -0.05) is 19.9 Å². The van der Waals surface area contributed by atoms with Crippen LogP contribution in [-0.4, -0.2) is 9.55 Å². The van der Waals surface area contributed by atoms with Gasteiger partial charge in [0.2, 0.25) is 0 Å². The molecule has 14 heavy (non-hydrogen) atoms. The number of hydrogen-bond donors (Lipinski definition) is 0. The third kappa shape index (κ3) is 1.36. The third-order valence-electron chi connectivity index (χ3n) is 2.41. The van der Waals surface area contributed by atoms with Crippen LogP contribution in [-0.2, 0) is 7.05 Å². The van der Waals surface area contributed by atoms with Gasteiger partial charge in [0.25, 0.3) is 0 Å². The highest BCUT2D eigenvalue weighted by Gasteiger charge is 2.11. The number of benzene rings is 1. The van der Waals surface area contributed by atoms with Crippen LogP contribution in [0.3, 0.4) is 0 Å². The number of rotatable bonds is 1. The Bertz CT molecular complexity index is 471. The SMILES string of the molecule is CC(C)c1nc2c(Br)cccc2n1C. The number of aromatic nitrogens is 2. The normalized spacial score (nSPS) is 11.5. The molecule has 2 rings (SSSR count). The molecule has 2 aromatic rings. The lowest BCUT2D eigenvalue weighted by molar-refractivity contribution is 0.722. The number of hydrogen-bond acceptors (Lipinski definition) is 1. The quantitative estimate of drug-likeness (QED) is 0.761. The maximum atomic E-state index is 4.63. The molecule has 0 aliphatic carbocycles. The third-order valence-corrected chi connectivity index (χ3v) is 3.05. The minimum Gasteiger partial charge on any atom is -0.331 e. The fourth-order valence-corrected chi connectivity index (χ4v) is 2.16. The van der Waals surface area contributed by atoms with E-state index in [4.69, 9.17) is 0 Å². The number of imidazole rings is 1. The second-order valence-electron chi connectivity index (χ2n) is 3.79. The number of halogens is 1. The molecule has 0 atom stereocenters. The highest BCUT2D eigenvalue weighted by Crippen LogP contribution is 2.26. The first-order valence-corrected chi connectivity index (χ1v) is 5.51. The Hall–Kier alpha value is -0.830. The summed E-state index contributed by atoms with van der Waals surface area (Å²) in [5.74, 6) is 1.59. The minimum atomic E-state index is 0.458. The van der Waals surface area contributed by atoms with Gasteiger partial charge in [0.05, 0.1) is 5.52 Å². The molecule has 74 valence electrons. The lowest BCUT2D eigenvalue weighted by Crippen LogP contribution is -1.99. The minimum absolute atomic E-state index is 0.458. The van der Waals surface area contributed by atoms with Gasteiger partial charge in [0.1, 0.15) is 11.3 Å². The van der Waals surface area contributed by atoms with Crippen molar-refractivity contribution in [2.45, 2.75) is 19.8 Å². The van der Waals surface area contributed by atoms with E-state index in [1.54, 1.807) is 0 Å². The van der Waals surface area contributed by atoms with Gasteiger partial charge < -0.3 is 4.57 Å². The molecule has 0 aliphatic heterocycles. The van der Waals surface area contributed by atoms with E-state index in [1.807, 2.05) is 12.1 Å². The second-order valence-corrected chi connectivity index (χ2v) is 4.65. The fraction of sp³-hybridized carbons (Fsp3) is 0.364. The maximum Gasteiger partial charge on any atom is 0.112 e. The van der Waals surface area contributed by atoms with Crippen molar-refractivity contribution in [3.63, 3.8) is 0 Å². The molecule has 0 N–H and O–H groups in total. The van der Waals surface area contributed by atoms with Gasteiger partial charge in [-0.25, -0.2) is 4.98 Å². The number of para-hydroxylation sites is 1. The summed E-state index contributed by atoms with van der Waals surface area (Å²) in [6.45, 7) is 4.32. The molecule has 0 fully saturated rings. The van der Waals surface area contributed by atoms with Crippen LogP contribution in [0.2, 0.25) is 0 Å². The van der Waals surface area contributed by atoms with Gasteiger partial charge in [-0.05, 0) is 28.1 Å². The lowest BCUT2D eigenvalue weighted by Gasteiger charge is -2.04. The van der Waals surface area contributed by atoms with Crippen molar-refractivity contribution < 1.29 is 0 Å². The molecule has 0 amide bonds. The van der Waals surface area contributed by atoms with Crippen molar-refractivity contribution >= 4 is 27.0 Å². The van der Waals surface area contributed by atoms with Crippen molar-refractivity contribution in [2.75, 3.05) is 0 Å². The molecular formula is C11H13BrN2. The van der Waals surface area contributed by atoms with Gasteiger partial charge in [0, 0.05) is 17.4 Å². The topological polar surface area (TPSA) is 17.8 Å². The van der Waals surface area contributed by atoms with Crippen LogP contribution in [0.15, 0.2) is 22.7 Å². The van der Waals surface area contributed by atoms with Crippen molar-refractivity contribution in [1.82, 2.24) is 9.55 Å². The Morgan fingerprint density at radius 2 is 2.07 bits per heavy atom. The van der Waals surface area contributed by atoms with Crippen molar-refractivity contribution in [1.29, 1.82) is 0 Å².